The highest BCUT2D eigenvalue weighted by atomic mass is 16.3. The molecule has 0 bridgehead atoms. The van der Waals surface area contributed by atoms with Gasteiger partial charge in [0.2, 0.25) is 5.91 Å². The second-order valence-corrected chi connectivity index (χ2v) is 3.73. The van der Waals surface area contributed by atoms with Gasteiger partial charge in [0.15, 0.2) is 0 Å². The SMILES string of the molecule is N#Cc1cnn(CCO)c1NC(=O)C1CC1. The summed E-state index contributed by atoms with van der Waals surface area (Å²) in [4.78, 5) is 11.6. The molecule has 0 saturated heterocycles. The van der Waals surface area contributed by atoms with E-state index in [9.17, 15) is 4.79 Å². The summed E-state index contributed by atoms with van der Waals surface area (Å²) in [5.41, 5.74) is 0.322. The molecule has 1 aromatic rings. The van der Waals surface area contributed by atoms with Crippen LogP contribution in [0, 0.1) is 17.2 Å². The molecular weight excluding hydrogens is 208 g/mol. The third kappa shape index (κ3) is 2.04. The minimum atomic E-state index is -0.0845. The van der Waals surface area contributed by atoms with E-state index in [0.29, 0.717) is 11.4 Å². The Morgan fingerprint density at radius 3 is 3.06 bits per heavy atom. The highest BCUT2D eigenvalue weighted by molar-refractivity contribution is 5.94. The van der Waals surface area contributed by atoms with Gasteiger partial charge in [-0.3, -0.25) is 4.79 Å². The van der Waals surface area contributed by atoms with Gasteiger partial charge in [-0.2, -0.15) is 10.4 Å². The van der Waals surface area contributed by atoms with Crippen molar-refractivity contribution in [2.24, 2.45) is 5.92 Å². The van der Waals surface area contributed by atoms with Gasteiger partial charge >= 0.3 is 0 Å². The molecule has 1 fully saturated rings. The van der Waals surface area contributed by atoms with Crippen molar-refractivity contribution >= 4 is 11.7 Å². The number of hydrogen-bond acceptors (Lipinski definition) is 4. The second-order valence-electron chi connectivity index (χ2n) is 3.73. The first kappa shape index (κ1) is 10.6. The number of nitrogens with zero attached hydrogens (tertiary/aromatic N) is 3. The summed E-state index contributed by atoms with van der Waals surface area (Å²) in [6.07, 6.45) is 3.20. The molecule has 1 aliphatic rings. The molecule has 0 radical (unpaired) electrons. The standard InChI is InChI=1S/C10H12N4O2/c11-5-8-6-12-14(3-4-15)9(8)13-10(16)7-1-2-7/h6-7,15H,1-4H2,(H,13,16). The highest BCUT2D eigenvalue weighted by Crippen LogP contribution is 2.30. The molecule has 1 saturated carbocycles. The first-order valence-electron chi connectivity index (χ1n) is 5.14. The lowest BCUT2D eigenvalue weighted by atomic mass is 10.3. The Hall–Kier alpha value is -1.87. The molecule has 1 amide bonds. The van der Waals surface area contributed by atoms with E-state index in [4.69, 9.17) is 10.4 Å². The predicted octanol–water partition coefficient (Wildman–Crippen LogP) is 0.0956. The van der Waals surface area contributed by atoms with Crippen molar-refractivity contribution in [2.75, 3.05) is 11.9 Å². The summed E-state index contributed by atoms with van der Waals surface area (Å²) in [6, 6.07) is 1.96. The van der Waals surface area contributed by atoms with Crippen LogP contribution in [0.3, 0.4) is 0 Å². The van der Waals surface area contributed by atoms with Crippen LogP contribution in [0.1, 0.15) is 18.4 Å². The van der Waals surface area contributed by atoms with E-state index < -0.39 is 0 Å². The third-order valence-electron chi connectivity index (χ3n) is 2.46. The molecule has 1 heterocycles. The van der Waals surface area contributed by atoms with Crippen LogP contribution in [-0.2, 0) is 11.3 Å². The van der Waals surface area contributed by atoms with Crippen molar-refractivity contribution < 1.29 is 9.90 Å². The van der Waals surface area contributed by atoms with E-state index >= 15 is 0 Å². The number of rotatable bonds is 4. The zero-order valence-corrected chi connectivity index (χ0v) is 8.68. The van der Waals surface area contributed by atoms with Crippen LogP contribution in [0.2, 0.25) is 0 Å². The van der Waals surface area contributed by atoms with E-state index in [1.165, 1.54) is 10.9 Å². The lowest BCUT2D eigenvalue weighted by Gasteiger charge is -2.07. The van der Waals surface area contributed by atoms with Crippen molar-refractivity contribution in [1.29, 1.82) is 5.26 Å². The molecule has 84 valence electrons. The Balaban J connectivity index is 2.18. The topological polar surface area (TPSA) is 90.9 Å². The molecule has 6 heteroatoms. The average Bonchev–Trinajstić information content (AvgIpc) is 3.05. The lowest BCUT2D eigenvalue weighted by molar-refractivity contribution is -0.117. The van der Waals surface area contributed by atoms with Gasteiger partial charge < -0.3 is 10.4 Å². The minimum Gasteiger partial charge on any atom is -0.394 e. The van der Waals surface area contributed by atoms with Gasteiger partial charge in [-0.05, 0) is 12.8 Å². The maximum atomic E-state index is 11.6. The maximum Gasteiger partial charge on any atom is 0.228 e. The highest BCUT2D eigenvalue weighted by Gasteiger charge is 2.30. The largest absolute Gasteiger partial charge is 0.394 e. The van der Waals surface area contributed by atoms with Gasteiger partial charge in [0.05, 0.1) is 19.3 Å². The van der Waals surface area contributed by atoms with E-state index in [1.54, 1.807) is 0 Å². The summed E-state index contributed by atoms with van der Waals surface area (Å²) in [5.74, 6) is 0.383. The zero-order chi connectivity index (χ0) is 11.5. The predicted molar refractivity (Wildman–Crippen MR) is 55.4 cm³/mol. The molecular formula is C10H12N4O2. The number of aliphatic hydroxyl groups is 1. The molecule has 0 spiro atoms. The summed E-state index contributed by atoms with van der Waals surface area (Å²) in [5, 5.41) is 24.3. The van der Waals surface area contributed by atoms with Crippen LogP contribution in [0.4, 0.5) is 5.82 Å². The van der Waals surface area contributed by atoms with Gasteiger partial charge in [0.1, 0.15) is 17.5 Å². The van der Waals surface area contributed by atoms with Crippen molar-refractivity contribution in [3.05, 3.63) is 11.8 Å². The molecule has 0 aliphatic heterocycles. The fourth-order valence-corrected chi connectivity index (χ4v) is 1.43. The number of anilines is 1. The Morgan fingerprint density at radius 1 is 1.75 bits per heavy atom. The van der Waals surface area contributed by atoms with Crippen LogP contribution < -0.4 is 5.32 Å². The monoisotopic (exact) mass is 220 g/mol. The number of nitriles is 1. The Kier molecular flexibility index (Phi) is 2.88. The first-order valence-corrected chi connectivity index (χ1v) is 5.14. The normalized spacial score (nSPS) is 14.5. The van der Waals surface area contributed by atoms with Crippen molar-refractivity contribution in [3.63, 3.8) is 0 Å². The van der Waals surface area contributed by atoms with Gasteiger partial charge in [-0.1, -0.05) is 0 Å². The summed E-state index contributed by atoms with van der Waals surface area (Å²) in [7, 11) is 0. The summed E-state index contributed by atoms with van der Waals surface area (Å²) < 4.78 is 1.43. The van der Waals surface area contributed by atoms with Gasteiger partial charge in [-0.15, -0.1) is 0 Å². The molecule has 0 aromatic carbocycles. The lowest BCUT2D eigenvalue weighted by Crippen LogP contribution is -2.18. The van der Waals surface area contributed by atoms with E-state index in [2.05, 4.69) is 10.4 Å². The average molecular weight is 220 g/mol. The second kappa shape index (κ2) is 4.33. The molecule has 1 aliphatic carbocycles. The van der Waals surface area contributed by atoms with Crippen molar-refractivity contribution in [2.45, 2.75) is 19.4 Å². The number of carbonyl (C=O) groups excluding carboxylic acids is 1. The Morgan fingerprint density at radius 2 is 2.50 bits per heavy atom. The number of nitrogens with one attached hydrogen (secondary N) is 1. The molecule has 1 aromatic heterocycles. The number of aromatic nitrogens is 2. The smallest absolute Gasteiger partial charge is 0.228 e. The van der Waals surface area contributed by atoms with Crippen LogP contribution in [0.25, 0.3) is 0 Å². The quantitative estimate of drug-likeness (QED) is 0.752. The molecule has 2 N–H and O–H groups in total. The number of carbonyl (C=O) groups is 1. The third-order valence-corrected chi connectivity index (χ3v) is 2.46. The van der Waals surface area contributed by atoms with Gasteiger partial charge in [-0.25, -0.2) is 4.68 Å². The zero-order valence-electron chi connectivity index (χ0n) is 8.68. The van der Waals surface area contributed by atoms with Crippen molar-refractivity contribution in [1.82, 2.24) is 9.78 Å². The molecule has 0 unspecified atom stereocenters. The maximum absolute atomic E-state index is 11.6. The van der Waals surface area contributed by atoms with Gasteiger partial charge in [0, 0.05) is 5.92 Å². The van der Waals surface area contributed by atoms with Crippen molar-refractivity contribution in [3.8, 4) is 6.07 Å². The fraction of sp³-hybridized carbons (Fsp3) is 0.500. The molecule has 0 atom stereocenters. The number of amides is 1. The van der Waals surface area contributed by atoms with E-state index in [1.807, 2.05) is 6.07 Å². The number of aliphatic hydroxyl groups excluding tert-OH is 1. The Labute approximate surface area is 92.5 Å². The molecule has 16 heavy (non-hydrogen) atoms. The number of hydrogen-bond donors (Lipinski definition) is 2. The van der Waals surface area contributed by atoms with Crippen LogP contribution in [0.15, 0.2) is 6.20 Å². The Bertz CT molecular complexity index is 442. The summed E-state index contributed by atoms with van der Waals surface area (Å²) >= 11 is 0. The van der Waals surface area contributed by atoms with Crippen LogP contribution >= 0.6 is 0 Å². The minimum absolute atomic E-state index is 0.0730. The summed E-state index contributed by atoms with van der Waals surface area (Å²) in [6.45, 7) is 0.181. The molecule has 2 rings (SSSR count). The first-order chi connectivity index (χ1) is 7.76. The van der Waals surface area contributed by atoms with Crippen LogP contribution in [-0.4, -0.2) is 27.4 Å². The molecule has 6 nitrogen and oxygen atoms in total. The van der Waals surface area contributed by atoms with Gasteiger partial charge in [0.25, 0.3) is 0 Å². The fourth-order valence-electron chi connectivity index (χ4n) is 1.43. The van der Waals surface area contributed by atoms with E-state index in [-0.39, 0.29) is 25.0 Å². The van der Waals surface area contributed by atoms with E-state index in [0.717, 1.165) is 12.8 Å². The van der Waals surface area contributed by atoms with Crippen LogP contribution in [0.5, 0.6) is 0 Å².